The summed E-state index contributed by atoms with van der Waals surface area (Å²) in [4.78, 5) is 43.1. The zero-order valence-electron chi connectivity index (χ0n) is 24.9. The first-order valence-electron chi connectivity index (χ1n) is 14.3. The minimum absolute atomic E-state index is 0.0818. The van der Waals surface area contributed by atoms with Gasteiger partial charge in [0.15, 0.2) is 5.78 Å². The Morgan fingerprint density at radius 2 is 1.37 bits per heavy atom. The third-order valence-corrected chi connectivity index (χ3v) is 6.74. The van der Waals surface area contributed by atoms with Crippen molar-refractivity contribution in [2.24, 2.45) is 0 Å². The Morgan fingerprint density at radius 3 is 1.95 bits per heavy atom. The molecule has 1 unspecified atom stereocenters. The van der Waals surface area contributed by atoms with E-state index in [9.17, 15) is 14.4 Å². The van der Waals surface area contributed by atoms with Gasteiger partial charge in [-0.1, -0.05) is 79.6 Å². The predicted molar refractivity (Wildman–Crippen MR) is 164 cm³/mol. The van der Waals surface area contributed by atoms with Crippen molar-refractivity contribution < 1.29 is 19.1 Å². The van der Waals surface area contributed by atoms with E-state index in [1.165, 1.54) is 24.1 Å². The number of aryl methyl sites for hydroxylation is 4. The fourth-order valence-electron chi connectivity index (χ4n) is 4.51. The molecule has 0 radical (unpaired) electrons. The number of ether oxygens (including phenoxy) is 1. The largest absolute Gasteiger partial charge is 0.464 e. The van der Waals surface area contributed by atoms with Gasteiger partial charge in [0, 0.05) is 17.4 Å². The molecule has 0 aliphatic heterocycles. The number of rotatable bonds is 10. The summed E-state index contributed by atoms with van der Waals surface area (Å²) in [6, 6.07) is 22.7. The molecule has 0 spiro atoms. The topological polar surface area (TPSA) is 85.4 Å². The number of fused-ring (bicyclic) bond motifs is 1. The van der Waals surface area contributed by atoms with E-state index in [4.69, 9.17) is 4.74 Å². The molecule has 6 nitrogen and oxygen atoms in total. The van der Waals surface area contributed by atoms with Gasteiger partial charge in [-0.05, 0) is 75.4 Å². The van der Waals surface area contributed by atoms with Gasteiger partial charge >= 0.3 is 5.97 Å². The van der Waals surface area contributed by atoms with E-state index in [-0.39, 0.29) is 24.5 Å². The molecule has 4 aromatic rings. The summed E-state index contributed by atoms with van der Waals surface area (Å²) in [5.74, 6) is -1.21. The minimum atomic E-state index is -0.886. The second-order valence-electron chi connectivity index (χ2n) is 9.92. The molecule has 1 heterocycles. The number of esters is 1. The number of Topliss-reactive ketones (excluding diaryl/α,β-unsaturated/α-hetero) is 1. The van der Waals surface area contributed by atoms with Gasteiger partial charge in [0.05, 0.1) is 12.1 Å². The van der Waals surface area contributed by atoms with E-state index in [1.54, 1.807) is 6.92 Å². The van der Waals surface area contributed by atoms with Crippen molar-refractivity contribution in [3.63, 3.8) is 0 Å². The molecule has 0 saturated heterocycles. The van der Waals surface area contributed by atoms with Crippen LogP contribution in [-0.4, -0.2) is 35.3 Å². The predicted octanol–water partition coefficient (Wildman–Crippen LogP) is 6.77. The molecule has 1 N–H and O–H groups in total. The van der Waals surface area contributed by atoms with Gasteiger partial charge in [-0.25, -0.2) is 9.78 Å². The van der Waals surface area contributed by atoms with Crippen LogP contribution in [0.5, 0.6) is 0 Å². The van der Waals surface area contributed by atoms with Crippen LogP contribution >= 0.6 is 0 Å². The van der Waals surface area contributed by atoms with Crippen LogP contribution in [0.2, 0.25) is 0 Å². The van der Waals surface area contributed by atoms with E-state index in [0.717, 1.165) is 29.5 Å². The van der Waals surface area contributed by atoms with Gasteiger partial charge in [-0.15, -0.1) is 0 Å². The standard InChI is InChI=1S/C33H34N2O4.C2H6/c1-5-39-33(38)31(19-26-12-8-22(3)9-13-26)35-32(37)30-20-27(23(4)36)28-18-25(16-17-29(28)34-30)15-14-24-10-6-21(2)7-11-24;1-2/h6-13,16-18,20,31H,5,14-15,19H2,1-4H3,(H,35,37);1-2H3. The number of nitrogens with zero attached hydrogens (tertiary/aromatic N) is 1. The fourth-order valence-corrected chi connectivity index (χ4v) is 4.51. The molecule has 0 aliphatic carbocycles. The Balaban J connectivity index is 0.00000226. The van der Waals surface area contributed by atoms with E-state index >= 15 is 0 Å². The molecule has 0 saturated carbocycles. The lowest BCUT2D eigenvalue weighted by Gasteiger charge is -2.18. The summed E-state index contributed by atoms with van der Waals surface area (Å²) in [7, 11) is 0. The van der Waals surface area contributed by atoms with Crippen LogP contribution in [0.3, 0.4) is 0 Å². The molecule has 0 bridgehead atoms. The molecule has 1 amide bonds. The van der Waals surface area contributed by atoms with Crippen LogP contribution in [0.15, 0.2) is 72.8 Å². The Kier molecular flexibility index (Phi) is 11.3. The van der Waals surface area contributed by atoms with Gasteiger partial charge < -0.3 is 10.1 Å². The quantitative estimate of drug-likeness (QED) is 0.173. The van der Waals surface area contributed by atoms with Crippen LogP contribution in [-0.2, 0) is 28.8 Å². The first kappa shape index (κ1) is 31.2. The summed E-state index contributed by atoms with van der Waals surface area (Å²) in [6.07, 6.45) is 1.98. The molecule has 1 aromatic heterocycles. The summed E-state index contributed by atoms with van der Waals surface area (Å²) in [5.41, 5.74) is 6.62. The second kappa shape index (κ2) is 14.9. The normalized spacial score (nSPS) is 11.3. The maximum Gasteiger partial charge on any atom is 0.328 e. The number of hydrogen-bond acceptors (Lipinski definition) is 5. The molecule has 214 valence electrons. The van der Waals surface area contributed by atoms with Crippen molar-refractivity contribution in [1.82, 2.24) is 10.3 Å². The lowest BCUT2D eigenvalue weighted by atomic mass is 9.98. The number of pyridine rings is 1. The minimum Gasteiger partial charge on any atom is -0.464 e. The van der Waals surface area contributed by atoms with Gasteiger partial charge in [-0.2, -0.15) is 0 Å². The summed E-state index contributed by atoms with van der Waals surface area (Å²) >= 11 is 0. The van der Waals surface area contributed by atoms with Crippen molar-refractivity contribution in [2.75, 3.05) is 6.61 Å². The van der Waals surface area contributed by atoms with Gasteiger partial charge in [-0.3, -0.25) is 9.59 Å². The molecule has 1 atom stereocenters. The van der Waals surface area contributed by atoms with Crippen LogP contribution in [0, 0.1) is 13.8 Å². The maximum atomic E-state index is 13.3. The first-order valence-corrected chi connectivity index (χ1v) is 14.3. The highest BCUT2D eigenvalue weighted by molar-refractivity contribution is 6.09. The highest BCUT2D eigenvalue weighted by Crippen LogP contribution is 2.22. The number of carbonyl (C=O) groups excluding carboxylic acids is 3. The number of carbonyl (C=O) groups is 3. The lowest BCUT2D eigenvalue weighted by molar-refractivity contribution is -0.145. The van der Waals surface area contributed by atoms with Crippen molar-refractivity contribution in [2.45, 2.75) is 66.8 Å². The van der Waals surface area contributed by atoms with Gasteiger partial charge in [0.2, 0.25) is 0 Å². The molecule has 4 rings (SSSR count). The highest BCUT2D eigenvalue weighted by Gasteiger charge is 2.25. The highest BCUT2D eigenvalue weighted by atomic mass is 16.5. The molecule has 0 fully saturated rings. The van der Waals surface area contributed by atoms with Gasteiger partial charge in [0.25, 0.3) is 5.91 Å². The second-order valence-corrected chi connectivity index (χ2v) is 9.92. The van der Waals surface area contributed by atoms with E-state index in [1.807, 2.05) is 63.2 Å². The van der Waals surface area contributed by atoms with Crippen molar-refractivity contribution in [3.8, 4) is 0 Å². The van der Waals surface area contributed by atoms with Crippen molar-refractivity contribution >= 4 is 28.6 Å². The molecule has 0 aliphatic rings. The van der Waals surface area contributed by atoms with Crippen LogP contribution in [0.4, 0.5) is 0 Å². The molecule has 3 aromatic carbocycles. The SMILES string of the molecule is CC.CCOC(=O)C(Cc1ccc(C)cc1)NC(=O)c1cc(C(C)=O)c2cc(CCc3ccc(C)cc3)ccc2n1. The van der Waals surface area contributed by atoms with Crippen LogP contribution in [0.1, 0.15) is 76.4 Å². The maximum absolute atomic E-state index is 13.3. The Labute approximate surface area is 243 Å². The summed E-state index contributed by atoms with van der Waals surface area (Å²) in [5, 5.41) is 3.49. The van der Waals surface area contributed by atoms with Crippen LogP contribution in [0.25, 0.3) is 10.9 Å². The van der Waals surface area contributed by atoms with Crippen molar-refractivity contribution in [1.29, 1.82) is 0 Å². The van der Waals surface area contributed by atoms with E-state index in [0.29, 0.717) is 16.5 Å². The number of ketones is 1. The smallest absolute Gasteiger partial charge is 0.328 e. The fraction of sp³-hybridized carbons (Fsp3) is 0.314. The van der Waals surface area contributed by atoms with E-state index < -0.39 is 17.9 Å². The monoisotopic (exact) mass is 552 g/mol. The third-order valence-electron chi connectivity index (χ3n) is 6.74. The number of benzene rings is 3. The Hall–Kier alpha value is -4.32. The van der Waals surface area contributed by atoms with E-state index in [2.05, 4.69) is 41.5 Å². The molecular weight excluding hydrogens is 512 g/mol. The average Bonchev–Trinajstić information content (AvgIpc) is 2.98. The summed E-state index contributed by atoms with van der Waals surface area (Å²) in [6.45, 7) is 11.5. The van der Waals surface area contributed by atoms with Crippen molar-refractivity contribution in [3.05, 3.63) is 112 Å². The zero-order valence-corrected chi connectivity index (χ0v) is 24.9. The number of amides is 1. The molecule has 41 heavy (non-hydrogen) atoms. The van der Waals surface area contributed by atoms with Gasteiger partial charge in [0.1, 0.15) is 11.7 Å². The zero-order chi connectivity index (χ0) is 29.9. The number of nitrogens with one attached hydrogen (secondary N) is 1. The number of hydrogen-bond donors (Lipinski definition) is 1. The third kappa shape index (κ3) is 8.58. The number of aromatic nitrogens is 1. The Morgan fingerprint density at radius 1 is 0.805 bits per heavy atom. The summed E-state index contributed by atoms with van der Waals surface area (Å²) < 4.78 is 5.21. The molecular formula is C35H40N2O4. The van der Waals surface area contributed by atoms with Crippen LogP contribution < -0.4 is 5.32 Å². The molecule has 6 heteroatoms. The average molecular weight is 553 g/mol. The Bertz CT molecular complexity index is 1490. The lowest BCUT2D eigenvalue weighted by Crippen LogP contribution is -2.43. The first-order chi connectivity index (χ1) is 19.7.